The predicted molar refractivity (Wildman–Crippen MR) is 60.9 cm³/mol. The number of para-hydroxylation sites is 1. The highest BCUT2D eigenvalue weighted by molar-refractivity contribution is 7.14. The molecule has 1 aromatic heterocycles. The molecule has 4 nitrogen and oxygen atoms in total. The fourth-order valence-corrected chi connectivity index (χ4v) is 1.72. The smallest absolute Gasteiger partial charge is 0.259 e. The minimum Gasteiger partial charge on any atom is -0.398 e. The summed E-state index contributed by atoms with van der Waals surface area (Å²) in [7, 11) is 0. The molecule has 0 saturated carbocycles. The Morgan fingerprint density at radius 1 is 1.44 bits per heavy atom. The largest absolute Gasteiger partial charge is 0.398 e. The molecule has 2 rings (SSSR count). The lowest BCUT2D eigenvalue weighted by Crippen LogP contribution is -2.13. The van der Waals surface area contributed by atoms with Crippen LogP contribution in [0.25, 0.3) is 0 Å². The van der Waals surface area contributed by atoms with E-state index >= 15 is 0 Å². The van der Waals surface area contributed by atoms with Gasteiger partial charge in [-0.1, -0.05) is 23.5 Å². The van der Waals surface area contributed by atoms with Crippen molar-refractivity contribution in [2.24, 2.45) is 0 Å². The van der Waals surface area contributed by atoms with Crippen molar-refractivity contribution >= 4 is 28.1 Å². The predicted octanol–water partition coefficient (Wildman–Crippen LogP) is 2.12. The number of amides is 1. The SMILES string of the molecule is Nc1ccccc1C(=O)Nc1ncc(F)s1. The molecule has 0 fully saturated rings. The van der Waals surface area contributed by atoms with Crippen LogP contribution in [0.1, 0.15) is 10.4 Å². The molecule has 0 radical (unpaired) electrons. The molecule has 1 heterocycles. The van der Waals surface area contributed by atoms with Gasteiger partial charge in [-0.25, -0.2) is 4.98 Å². The van der Waals surface area contributed by atoms with E-state index in [-0.39, 0.29) is 5.13 Å². The maximum absolute atomic E-state index is 12.6. The van der Waals surface area contributed by atoms with Crippen LogP contribution in [0, 0.1) is 5.13 Å². The normalized spacial score (nSPS) is 10.1. The van der Waals surface area contributed by atoms with E-state index in [0.717, 1.165) is 17.5 Å². The summed E-state index contributed by atoms with van der Waals surface area (Å²) in [6.07, 6.45) is 1.05. The molecule has 1 aromatic carbocycles. The first-order valence-electron chi connectivity index (χ1n) is 4.44. The van der Waals surface area contributed by atoms with E-state index in [0.29, 0.717) is 11.3 Å². The molecule has 0 aliphatic rings. The second-order valence-corrected chi connectivity index (χ2v) is 3.99. The second kappa shape index (κ2) is 4.28. The molecule has 0 saturated heterocycles. The van der Waals surface area contributed by atoms with Crippen molar-refractivity contribution in [2.75, 3.05) is 11.1 Å². The van der Waals surface area contributed by atoms with Crippen molar-refractivity contribution in [3.05, 3.63) is 41.2 Å². The van der Waals surface area contributed by atoms with Crippen molar-refractivity contribution in [3.8, 4) is 0 Å². The summed E-state index contributed by atoms with van der Waals surface area (Å²) in [6.45, 7) is 0. The van der Waals surface area contributed by atoms with Crippen LogP contribution in [0.15, 0.2) is 30.5 Å². The number of hydrogen-bond acceptors (Lipinski definition) is 4. The van der Waals surface area contributed by atoms with E-state index in [4.69, 9.17) is 5.73 Å². The highest BCUT2D eigenvalue weighted by Crippen LogP contribution is 2.18. The van der Waals surface area contributed by atoms with E-state index in [1.54, 1.807) is 24.3 Å². The van der Waals surface area contributed by atoms with E-state index in [9.17, 15) is 9.18 Å². The summed E-state index contributed by atoms with van der Waals surface area (Å²) in [6, 6.07) is 6.65. The van der Waals surface area contributed by atoms with Gasteiger partial charge in [-0.2, -0.15) is 4.39 Å². The highest BCUT2D eigenvalue weighted by Gasteiger charge is 2.11. The zero-order valence-corrected chi connectivity index (χ0v) is 8.92. The lowest BCUT2D eigenvalue weighted by molar-refractivity contribution is 0.102. The topological polar surface area (TPSA) is 68.0 Å². The minimum atomic E-state index is -0.448. The molecule has 0 unspecified atom stereocenters. The van der Waals surface area contributed by atoms with Crippen LogP contribution in [0.4, 0.5) is 15.2 Å². The Morgan fingerprint density at radius 3 is 2.81 bits per heavy atom. The average molecular weight is 237 g/mol. The van der Waals surface area contributed by atoms with E-state index in [1.165, 1.54) is 0 Å². The highest BCUT2D eigenvalue weighted by atomic mass is 32.1. The first-order chi connectivity index (χ1) is 7.66. The van der Waals surface area contributed by atoms with Crippen molar-refractivity contribution in [1.82, 2.24) is 4.98 Å². The molecular formula is C10H8FN3OS. The molecule has 2 aromatic rings. The number of carbonyl (C=O) groups excluding carboxylic acids is 1. The Morgan fingerprint density at radius 2 is 2.19 bits per heavy atom. The molecule has 16 heavy (non-hydrogen) atoms. The lowest BCUT2D eigenvalue weighted by atomic mass is 10.2. The molecule has 0 atom stereocenters. The van der Waals surface area contributed by atoms with Gasteiger partial charge in [-0.15, -0.1) is 0 Å². The first kappa shape index (κ1) is 10.6. The van der Waals surface area contributed by atoms with Gasteiger partial charge in [0.15, 0.2) is 10.3 Å². The zero-order valence-electron chi connectivity index (χ0n) is 8.11. The molecular weight excluding hydrogens is 229 g/mol. The van der Waals surface area contributed by atoms with Crippen LogP contribution in [0.5, 0.6) is 0 Å². The Bertz CT molecular complexity index is 526. The fourth-order valence-electron chi connectivity index (χ4n) is 1.18. The standard InChI is InChI=1S/C10H8FN3OS/c11-8-5-13-10(16-8)14-9(15)6-3-1-2-4-7(6)12/h1-5H,12H2,(H,13,14,15). The first-order valence-corrected chi connectivity index (χ1v) is 5.25. The maximum atomic E-state index is 12.6. The molecule has 1 amide bonds. The average Bonchev–Trinajstić information content (AvgIpc) is 2.64. The van der Waals surface area contributed by atoms with E-state index in [2.05, 4.69) is 10.3 Å². The number of halogens is 1. The summed E-state index contributed by atoms with van der Waals surface area (Å²) in [4.78, 5) is 15.4. The van der Waals surface area contributed by atoms with Gasteiger partial charge in [0.25, 0.3) is 5.91 Å². The molecule has 0 aliphatic carbocycles. The van der Waals surface area contributed by atoms with E-state index < -0.39 is 11.0 Å². The molecule has 6 heteroatoms. The van der Waals surface area contributed by atoms with Gasteiger partial charge in [-0.3, -0.25) is 10.1 Å². The van der Waals surface area contributed by atoms with Crippen LogP contribution in [0.3, 0.4) is 0 Å². The summed E-state index contributed by atoms with van der Waals surface area (Å²) in [5, 5.41) is 2.23. The maximum Gasteiger partial charge on any atom is 0.259 e. The third-order valence-electron chi connectivity index (χ3n) is 1.90. The number of hydrogen-bond donors (Lipinski definition) is 2. The number of nitrogens with one attached hydrogen (secondary N) is 1. The number of anilines is 2. The summed E-state index contributed by atoms with van der Waals surface area (Å²) >= 11 is 0.766. The quantitative estimate of drug-likeness (QED) is 0.786. The number of thiazole rings is 1. The number of carbonyl (C=O) groups is 1. The Balaban J connectivity index is 2.18. The fraction of sp³-hybridized carbons (Fsp3) is 0. The number of rotatable bonds is 2. The summed E-state index contributed by atoms with van der Waals surface area (Å²) in [5.41, 5.74) is 6.35. The van der Waals surface area contributed by atoms with Crippen LogP contribution in [-0.4, -0.2) is 10.9 Å². The summed E-state index contributed by atoms with van der Waals surface area (Å²) in [5.74, 6) is -0.396. The third kappa shape index (κ3) is 2.17. The van der Waals surface area contributed by atoms with Crippen LogP contribution in [-0.2, 0) is 0 Å². The van der Waals surface area contributed by atoms with Crippen LogP contribution < -0.4 is 11.1 Å². The number of nitrogens with two attached hydrogens (primary N) is 1. The molecule has 3 N–H and O–H groups in total. The third-order valence-corrected chi connectivity index (χ3v) is 2.60. The van der Waals surface area contributed by atoms with Gasteiger partial charge < -0.3 is 5.73 Å². The van der Waals surface area contributed by atoms with Crippen LogP contribution in [0.2, 0.25) is 0 Å². The summed E-state index contributed by atoms with van der Waals surface area (Å²) < 4.78 is 12.6. The van der Waals surface area contributed by atoms with Gasteiger partial charge in [0.1, 0.15) is 0 Å². The Kier molecular flexibility index (Phi) is 2.82. The Labute approximate surface area is 94.9 Å². The zero-order chi connectivity index (χ0) is 11.5. The van der Waals surface area contributed by atoms with Crippen LogP contribution >= 0.6 is 11.3 Å². The number of aromatic nitrogens is 1. The molecule has 0 aliphatic heterocycles. The molecule has 0 spiro atoms. The van der Waals surface area contributed by atoms with Crippen molar-refractivity contribution in [3.63, 3.8) is 0 Å². The second-order valence-electron chi connectivity index (χ2n) is 3.01. The van der Waals surface area contributed by atoms with E-state index in [1.807, 2.05) is 0 Å². The van der Waals surface area contributed by atoms with Gasteiger partial charge in [-0.05, 0) is 12.1 Å². The van der Waals surface area contributed by atoms with Gasteiger partial charge in [0.05, 0.1) is 11.8 Å². The molecule has 0 bridgehead atoms. The lowest BCUT2D eigenvalue weighted by Gasteiger charge is -2.03. The van der Waals surface area contributed by atoms with Gasteiger partial charge in [0.2, 0.25) is 0 Å². The van der Waals surface area contributed by atoms with Gasteiger partial charge >= 0.3 is 0 Å². The van der Waals surface area contributed by atoms with Crippen molar-refractivity contribution < 1.29 is 9.18 Å². The Hall–Kier alpha value is -1.95. The number of nitrogen functional groups attached to an aromatic ring is 1. The monoisotopic (exact) mass is 237 g/mol. The molecule has 82 valence electrons. The number of nitrogens with zero attached hydrogens (tertiary/aromatic N) is 1. The van der Waals surface area contributed by atoms with Crippen molar-refractivity contribution in [2.45, 2.75) is 0 Å². The number of benzene rings is 1. The van der Waals surface area contributed by atoms with Gasteiger partial charge in [0, 0.05) is 5.69 Å². The van der Waals surface area contributed by atoms with Crippen molar-refractivity contribution in [1.29, 1.82) is 0 Å². The minimum absolute atomic E-state index is 0.214.